The van der Waals surface area contributed by atoms with Crippen LogP contribution >= 0.6 is 0 Å². The lowest BCUT2D eigenvalue weighted by atomic mass is 9.92. The average molecular weight is 227 g/mol. The molecule has 1 aliphatic rings. The van der Waals surface area contributed by atoms with Crippen molar-refractivity contribution in [3.05, 3.63) is 0 Å². The summed E-state index contributed by atoms with van der Waals surface area (Å²) in [6, 6.07) is 1.28. The topological polar surface area (TPSA) is 32.5 Å². The fourth-order valence-electron chi connectivity index (χ4n) is 3.02. The first kappa shape index (κ1) is 13.9. The molecule has 0 bridgehead atoms. The zero-order chi connectivity index (χ0) is 12.3. The summed E-state index contributed by atoms with van der Waals surface area (Å²) in [5.41, 5.74) is 6.26. The second kappa shape index (κ2) is 5.48. The summed E-state index contributed by atoms with van der Waals surface area (Å²) in [5.74, 6) is 0. The van der Waals surface area contributed by atoms with E-state index in [1.807, 2.05) is 0 Å². The summed E-state index contributed by atoms with van der Waals surface area (Å²) in [6.45, 7) is 8.75. The van der Waals surface area contributed by atoms with Gasteiger partial charge in [-0.2, -0.15) is 0 Å². The number of nitrogens with zero attached hydrogens (tertiary/aromatic N) is 2. The largest absolute Gasteiger partial charge is 0.329 e. The number of likely N-dealkylation sites (N-methyl/N-ethyl adjacent to an activating group) is 2. The van der Waals surface area contributed by atoms with Gasteiger partial charge >= 0.3 is 0 Å². The van der Waals surface area contributed by atoms with E-state index < -0.39 is 0 Å². The highest BCUT2D eigenvalue weighted by Crippen LogP contribution is 2.31. The normalized spacial score (nSPS) is 33.6. The van der Waals surface area contributed by atoms with Crippen molar-refractivity contribution in [1.82, 2.24) is 9.80 Å². The van der Waals surface area contributed by atoms with Crippen LogP contribution in [0.25, 0.3) is 0 Å². The zero-order valence-electron chi connectivity index (χ0n) is 11.7. The van der Waals surface area contributed by atoms with Gasteiger partial charge in [0.15, 0.2) is 0 Å². The third-order valence-corrected chi connectivity index (χ3v) is 4.47. The Bertz CT molecular complexity index is 207. The maximum atomic E-state index is 6.06. The fraction of sp³-hybridized carbons (Fsp3) is 1.00. The first-order chi connectivity index (χ1) is 7.46. The quantitative estimate of drug-likeness (QED) is 0.773. The lowest BCUT2D eigenvalue weighted by Crippen LogP contribution is -2.56. The van der Waals surface area contributed by atoms with Crippen molar-refractivity contribution in [2.75, 3.05) is 27.2 Å². The molecule has 0 aromatic heterocycles. The fourth-order valence-corrected chi connectivity index (χ4v) is 3.02. The third-order valence-electron chi connectivity index (χ3n) is 4.47. The van der Waals surface area contributed by atoms with Crippen LogP contribution in [0.1, 0.15) is 40.0 Å². The van der Waals surface area contributed by atoms with E-state index in [1.165, 1.54) is 19.3 Å². The molecule has 3 unspecified atom stereocenters. The first-order valence-corrected chi connectivity index (χ1v) is 6.60. The van der Waals surface area contributed by atoms with E-state index in [2.05, 4.69) is 44.7 Å². The monoisotopic (exact) mass is 227 g/mol. The Kier molecular flexibility index (Phi) is 4.77. The summed E-state index contributed by atoms with van der Waals surface area (Å²) in [4.78, 5) is 4.96. The van der Waals surface area contributed by atoms with Crippen molar-refractivity contribution in [1.29, 1.82) is 0 Å². The van der Waals surface area contributed by atoms with Gasteiger partial charge < -0.3 is 10.6 Å². The van der Waals surface area contributed by atoms with Crippen LogP contribution in [0.3, 0.4) is 0 Å². The highest BCUT2D eigenvalue weighted by atomic mass is 15.3. The number of rotatable bonds is 5. The van der Waals surface area contributed by atoms with Gasteiger partial charge in [-0.1, -0.05) is 13.3 Å². The van der Waals surface area contributed by atoms with Crippen molar-refractivity contribution >= 4 is 0 Å². The molecule has 0 aromatic carbocycles. The molecule has 1 fully saturated rings. The summed E-state index contributed by atoms with van der Waals surface area (Å²) in [7, 11) is 4.46. The molecule has 0 radical (unpaired) electrons. The van der Waals surface area contributed by atoms with Gasteiger partial charge in [0.2, 0.25) is 0 Å². The van der Waals surface area contributed by atoms with E-state index in [0.717, 1.165) is 13.1 Å². The molecular formula is C13H29N3. The molecule has 16 heavy (non-hydrogen) atoms. The van der Waals surface area contributed by atoms with Crippen LogP contribution in [-0.2, 0) is 0 Å². The van der Waals surface area contributed by atoms with Crippen molar-refractivity contribution in [3.8, 4) is 0 Å². The lowest BCUT2D eigenvalue weighted by Gasteiger charge is -2.41. The highest BCUT2D eigenvalue weighted by molar-refractivity contribution is 5.02. The minimum absolute atomic E-state index is 0.197. The third kappa shape index (κ3) is 2.58. The van der Waals surface area contributed by atoms with Gasteiger partial charge in [0.05, 0.1) is 0 Å². The van der Waals surface area contributed by atoms with Crippen LogP contribution in [0.15, 0.2) is 0 Å². The number of hydrogen-bond acceptors (Lipinski definition) is 3. The molecule has 96 valence electrons. The molecule has 0 amide bonds. The minimum atomic E-state index is 0.197. The van der Waals surface area contributed by atoms with Gasteiger partial charge in [-0.3, -0.25) is 4.90 Å². The molecule has 0 saturated carbocycles. The molecule has 1 saturated heterocycles. The Balaban J connectivity index is 2.73. The number of hydrogen-bond donors (Lipinski definition) is 1. The van der Waals surface area contributed by atoms with Crippen LogP contribution in [0, 0.1) is 0 Å². The van der Waals surface area contributed by atoms with Gasteiger partial charge in [-0.25, -0.2) is 0 Å². The summed E-state index contributed by atoms with van der Waals surface area (Å²) >= 11 is 0. The molecular weight excluding hydrogens is 198 g/mol. The van der Waals surface area contributed by atoms with E-state index in [9.17, 15) is 0 Å². The average Bonchev–Trinajstić information content (AvgIpc) is 2.55. The van der Waals surface area contributed by atoms with Crippen molar-refractivity contribution < 1.29 is 0 Å². The van der Waals surface area contributed by atoms with Crippen molar-refractivity contribution in [2.45, 2.75) is 57.7 Å². The van der Waals surface area contributed by atoms with Gasteiger partial charge in [0.1, 0.15) is 0 Å². The van der Waals surface area contributed by atoms with E-state index in [-0.39, 0.29) is 5.54 Å². The van der Waals surface area contributed by atoms with Gasteiger partial charge in [-0.05, 0) is 40.8 Å². The molecule has 3 nitrogen and oxygen atoms in total. The summed E-state index contributed by atoms with van der Waals surface area (Å²) in [5, 5.41) is 0. The van der Waals surface area contributed by atoms with Crippen LogP contribution in [0.4, 0.5) is 0 Å². The Morgan fingerprint density at radius 1 is 1.56 bits per heavy atom. The summed E-state index contributed by atoms with van der Waals surface area (Å²) < 4.78 is 0. The van der Waals surface area contributed by atoms with Crippen LogP contribution in [0.2, 0.25) is 0 Å². The molecule has 1 aliphatic heterocycles. The second-order valence-electron chi connectivity index (χ2n) is 5.65. The predicted octanol–water partition coefficient (Wildman–Crippen LogP) is 1.53. The minimum Gasteiger partial charge on any atom is -0.329 e. The molecule has 3 heteroatoms. The zero-order valence-corrected chi connectivity index (χ0v) is 11.7. The van der Waals surface area contributed by atoms with E-state index in [4.69, 9.17) is 5.73 Å². The van der Waals surface area contributed by atoms with Gasteiger partial charge in [0.25, 0.3) is 0 Å². The molecule has 0 spiro atoms. The Morgan fingerprint density at radius 3 is 2.56 bits per heavy atom. The van der Waals surface area contributed by atoms with E-state index in [0.29, 0.717) is 12.1 Å². The SMILES string of the molecule is CCCC(C)N(C)C1(CN)CC(C)N(C)C1. The van der Waals surface area contributed by atoms with Crippen LogP contribution < -0.4 is 5.73 Å². The van der Waals surface area contributed by atoms with Crippen LogP contribution in [-0.4, -0.2) is 54.6 Å². The van der Waals surface area contributed by atoms with Gasteiger partial charge in [0, 0.05) is 30.7 Å². The molecule has 3 atom stereocenters. The summed E-state index contributed by atoms with van der Waals surface area (Å²) in [6.07, 6.45) is 3.71. The first-order valence-electron chi connectivity index (χ1n) is 6.60. The lowest BCUT2D eigenvalue weighted by molar-refractivity contribution is 0.0875. The van der Waals surface area contributed by atoms with Crippen molar-refractivity contribution in [3.63, 3.8) is 0 Å². The highest BCUT2D eigenvalue weighted by Gasteiger charge is 2.43. The number of likely N-dealkylation sites (tertiary alicyclic amines) is 1. The maximum Gasteiger partial charge on any atom is 0.0472 e. The Morgan fingerprint density at radius 2 is 2.19 bits per heavy atom. The number of nitrogens with two attached hydrogens (primary N) is 1. The molecule has 0 aromatic rings. The molecule has 0 aliphatic carbocycles. The second-order valence-corrected chi connectivity index (χ2v) is 5.65. The van der Waals surface area contributed by atoms with E-state index in [1.54, 1.807) is 0 Å². The molecule has 2 N–H and O–H groups in total. The van der Waals surface area contributed by atoms with Crippen molar-refractivity contribution in [2.24, 2.45) is 5.73 Å². The standard InChI is InChI=1S/C13H29N3/c1-6-7-11(2)16(5)13(9-14)8-12(3)15(4)10-13/h11-12H,6-10,14H2,1-5H3. The Labute approximate surface area is 101 Å². The molecule has 1 rings (SSSR count). The van der Waals surface area contributed by atoms with Crippen LogP contribution in [0.5, 0.6) is 0 Å². The Hall–Kier alpha value is -0.120. The smallest absolute Gasteiger partial charge is 0.0472 e. The van der Waals surface area contributed by atoms with Gasteiger partial charge in [-0.15, -0.1) is 0 Å². The maximum absolute atomic E-state index is 6.06. The molecule has 1 heterocycles. The predicted molar refractivity (Wildman–Crippen MR) is 70.6 cm³/mol. The van der Waals surface area contributed by atoms with E-state index >= 15 is 0 Å².